The highest BCUT2D eigenvalue weighted by atomic mass is 32.1. The predicted octanol–water partition coefficient (Wildman–Crippen LogP) is 3.70. The first-order valence-corrected chi connectivity index (χ1v) is 10.2. The zero-order valence-electron chi connectivity index (χ0n) is 17.1. The van der Waals surface area contributed by atoms with Crippen LogP contribution < -0.4 is 16.2 Å². The number of nitrogens with zero attached hydrogens (tertiary/aromatic N) is 1. The first-order chi connectivity index (χ1) is 13.1. The number of esters is 1. The highest BCUT2D eigenvalue weighted by Gasteiger charge is 2.37. The number of fused-ring (bicyclic) bond motifs is 1. The van der Waals surface area contributed by atoms with Crippen LogP contribution in [0, 0.1) is 0 Å². The van der Waals surface area contributed by atoms with Gasteiger partial charge in [0.05, 0.1) is 18.8 Å². The molecule has 2 aromatic rings. The van der Waals surface area contributed by atoms with Crippen molar-refractivity contribution in [2.75, 3.05) is 12.8 Å². The average Bonchev–Trinajstić information content (AvgIpc) is 2.94. The van der Waals surface area contributed by atoms with Crippen molar-refractivity contribution in [1.29, 1.82) is 0 Å². The number of nitrogen functional groups attached to an aromatic ring is 1. The third kappa shape index (κ3) is 4.16. The molecule has 152 valence electrons. The molecule has 3 rings (SSSR count). The van der Waals surface area contributed by atoms with Gasteiger partial charge < -0.3 is 20.9 Å². The van der Waals surface area contributed by atoms with Gasteiger partial charge in [-0.1, -0.05) is 19.1 Å². The molecule has 1 aliphatic rings. The van der Waals surface area contributed by atoms with Crippen molar-refractivity contribution in [2.45, 2.75) is 58.5 Å². The Morgan fingerprint density at radius 1 is 1.29 bits per heavy atom. The number of anilines is 1. The fourth-order valence-corrected chi connectivity index (χ4v) is 4.74. The van der Waals surface area contributed by atoms with Gasteiger partial charge in [-0.15, -0.1) is 11.3 Å². The molecule has 1 aromatic heterocycles. The number of thiophene rings is 1. The fourth-order valence-electron chi connectivity index (χ4n) is 3.55. The molecule has 0 spiro atoms. The minimum Gasteiger partial charge on any atom is -0.497 e. The van der Waals surface area contributed by atoms with E-state index in [2.05, 4.69) is 4.90 Å². The maximum absolute atomic E-state index is 12.7. The van der Waals surface area contributed by atoms with Gasteiger partial charge in [0.25, 0.3) is 0 Å². The topological polar surface area (TPSA) is 90.8 Å². The number of hydrogen-bond donors (Lipinski definition) is 2. The molecule has 0 amide bonds. The van der Waals surface area contributed by atoms with Crippen LogP contribution in [0.2, 0.25) is 0 Å². The van der Waals surface area contributed by atoms with Crippen LogP contribution >= 0.6 is 11.3 Å². The average molecular weight is 404 g/mol. The summed E-state index contributed by atoms with van der Waals surface area (Å²) in [5.41, 5.74) is 14.8. The summed E-state index contributed by atoms with van der Waals surface area (Å²) in [5, 5.41) is 0.504. The third-order valence-electron chi connectivity index (χ3n) is 4.93. The van der Waals surface area contributed by atoms with Crippen LogP contribution in [0.4, 0.5) is 5.00 Å². The van der Waals surface area contributed by atoms with Crippen molar-refractivity contribution < 1.29 is 14.3 Å². The van der Waals surface area contributed by atoms with Gasteiger partial charge in [-0.2, -0.15) is 0 Å². The minimum absolute atomic E-state index is 0.0296. The number of benzene rings is 1. The van der Waals surface area contributed by atoms with Crippen LogP contribution in [0.1, 0.15) is 60.0 Å². The Bertz CT molecular complexity index is 855. The van der Waals surface area contributed by atoms with Crippen LogP contribution in [-0.2, 0) is 17.8 Å². The highest BCUT2D eigenvalue weighted by molar-refractivity contribution is 7.16. The van der Waals surface area contributed by atoms with Crippen molar-refractivity contribution in [1.82, 2.24) is 4.90 Å². The summed E-state index contributed by atoms with van der Waals surface area (Å²) in [6.45, 7) is 8.98. The monoisotopic (exact) mass is 403 g/mol. The highest BCUT2D eigenvalue weighted by Crippen LogP contribution is 2.43. The third-order valence-corrected chi connectivity index (χ3v) is 5.95. The molecule has 2 heterocycles. The normalized spacial score (nSPS) is 19.9. The lowest BCUT2D eigenvalue weighted by atomic mass is 9.90. The van der Waals surface area contributed by atoms with Crippen molar-refractivity contribution in [3.8, 4) is 5.75 Å². The van der Waals surface area contributed by atoms with E-state index < -0.39 is 5.60 Å². The molecule has 0 aliphatic carbocycles. The SMILES string of the molecule is COc1ccc(CN2Cc3sc(N)c(C(=O)OC(C)(C)C)c3C(C)C2N)cc1. The van der Waals surface area contributed by atoms with E-state index >= 15 is 0 Å². The van der Waals surface area contributed by atoms with Crippen molar-refractivity contribution in [3.63, 3.8) is 0 Å². The summed E-state index contributed by atoms with van der Waals surface area (Å²) < 4.78 is 10.8. The van der Waals surface area contributed by atoms with Crippen LogP contribution in [0.3, 0.4) is 0 Å². The molecule has 1 aromatic carbocycles. The Morgan fingerprint density at radius 3 is 2.50 bits per heavy atom. The standard InChI is InChI=1S/C21H29N3O3S/c1-12-16-15(28-19(23)17(16)20(25)27-21(2,3)4)11-24(18(12)22)10-13-6-8-14(26-5)9-7-13/h6-9,12,18H,10-11,22-23H2,1-5H3. The summed E-state index contributed by atoms with van der Waals surface area (Å²) in [5.74, 6) is 0.429. The molecule has 0 saturated heterocycles. The summed E-state index contributed by atoms with van der Waals surface area (Å²) in [4.78, 5) is 16.0. The van der Waals surface area contributed by atoms with Gasteiger partial charge in [0, 0.05) is 23.9 Å². The Balaban J connectivity index is 1.86. The van der Waals surface area contributed by atoms with E-state index in [1.54, 1.807) is 7.11 Å². The predicted molar refractivity (Wildman–Crippen MR) is 113 cm³/mol. The zero-order chi connectivity index (χ0) is 20.6. The van der Waals surface area contributed by atoms with Gasteiger partial charge in [-0.3, -0.25) is 4.90 Å². The Hall–Kier alpha value is -2.09. The number of nitrogens with two attached hydrogens (primary N) is 2. The zero-order valence-corrected chi connectivity index (χ0v) is 17.9. The smallest absolute Gasteiger partial charge is 0.341 e. The number of ether oxygens (including phenoxy) is 2. The van der Waals surface area contributed by atoms with E-state index in [0.29, 0.717) is 23.7 Å². The summed E-state index contributed by atoms with van der Waals surface area (Å²) in [6, 6.07) is 7.98. The first-order valence-electron chi connectivity index (χ1n) is 9.37. The lowest BCUT2D eigenvalue weighted by Gasteiger charge is -2.38. The maximum Gasteiger partial charge on any atom is 0.341 e. The Morgan fingerprint density at radius 2 is 1.93 bits per heavy atom. The second kappa shape index (κ2) is 7.73. The van der Waals surface area contributed by atoms with Gasteiger partial charge in [0.1, 0.15) is 16.4 Å². The Labute approximate surface area is 170 Å². The number of carbonyl (C=O) groups excluding carboxylic acids is 1. The number of rotatable bonds is 4. The van der Waals surface area contributed by atoms with Crippen LogP contribution in [0.25, 0.3) is 0 Å². The van der Waals surface area contributed by atoms with Crippen LogP contribution in [0.5, 0.6) is 5.75 Å². The summed E-state index contributed by atoms with van der Waals surface area (Å²) in [7, 11) is 1.65. The van der Waals surface area contributed by atoms with Gasteiger partial charge in [-0.25, -0.2) is 4.79 Å². The largest absolute Gasteiger partial charge is 0.497 e. The van der Waals surface area contributed by atoms with Gasteiger partial charge in [-0.05, 0) is 44.0 Å². The molecular formula is C21H29N3O3S. The van der Waals surface area contributed by atoms with Crippen molar-refractivity contribution >= 4 is 22.3 Å². The minimum atomic E-state index is -0.571. The first kappa shape index (κ1) is 20.6. The van der Waals surface area contributed by atoms with Gasteiger partial charge in [0.15, 0.2) is 0 Å². The lowest BCUT2D eigenvalue weighted by Crippen LogP contribution is -2.47. The molecular weight excluding hydrogens is 374 g/mol. The quantitative estimate of drug-likeness (QED) is 0.757. The van der Waals surface area contributed by atoms with Gasteiger partial charge in [0.2, 0.25) is 0 Å². The maximum atomic E-state index is 12.7. The van der Waals surface area contributed by atoms with Gasteiger partial charge >= 0.3 is 5.97 Å². The van der Waals surface area contributed by atoms with Crippen molar-refractivity contribution in [3.05, 3.63) is 45.8 Å². The summed E-state index contributed by atoms with van der Waals surface area (Å²) >= 11 is 1.46. The van der Waals surface area contributed by atoms with Crippen LogP contribution in [0.15, 0.2) is 24.3 Å². The number of carbonyl (C=O) groups is 1. The van der Waals surface area contributed by atoms with E-state index in [4.69, 9.17) is 20.9 Å². The van der Waals surface area contributed by atoms with E-state index in [1.807, 2.05) is 52.0 Å². The molecule has 0 fully saturated rings. The Kier molecular flexibility index (Phi) is 5.70. The number of methoxy groups -OCH3 is 1. The van der Waals surface area contributed by atoms with E-state index in [0.717, 1.165) is 21.8 Å². The molecule has 0 radical (unpaired) electrons. The van der Waals surface area contributed by atoms with Crippen molar-refractivity contribution in [2.24, 2.45) is 5.73 Å². The molecule has 1 aliphatic heterocycles. The molecule has 0 saturated carbocycles. The fraction of sp³-hybridized carbons (Fsp3) is 0.476. The molecule has 2 atom stereocenters. The van der Waals surface area contributed by atoms with E-state index in [-0.39, 0.29) is 18.1 Å². The molecule has 2 unspecified atom stereocenters. The van der Waals surface area contributed by atoms with Crippen LogP contribution in [-0.4, -0.2) is 29.7 Å². The molecule has 6 nitrogen and oxygen atoms in total. The molecule has 7 heteroatoms. The summed E-state index contributed by atoms with van der Waals surface area (Å²) in [6.07, 6.45) is -0.218. The molecule has 28 heavy (non-hydrogen) atoms. The second-order valence-corrected chi connectivity index (χ2v) is 9.35. The van der Waals surface area contributed by atoms with E-state index in [1.165, 1.54) is 11.3 Å². The lowest BCUT2D eigenvalue weighted by molar-refractivity contribution is 0.00679. The van der Waals surface area contributed by atoms with E-state index in [9.17, 15) is 4.79 Å². The number of hydrogen-bond acceptors (Lipinski definition) is 7. The molecule has 0 bridgehead atoms. The molecule has 4 N–H and O–H groups in total. The second-order valence-electron chi connectivity index (χ2n) is 8.21.